The van der Waals surface area contributed by atoms with Crippen LogP contribution in [-0.2, 0) is 4.79 Å². The first kappa shape index (κ1) is 13.8. The van der Waals surface area contributed by atoms with Crippen LogP contribution in [0.25, 0.3) is 6.08 Å². The van der Waals surface area contributed by atoms with Crippen LogP contribution < -0.4 is 4.74 Å². The molecule has 0 saturated heterocycles. The number of hydrogen-bond donors (Lipinski definition) is 1. The maximum atomic E-state index is 10.6. The molecule has 1 heterocycles. The number of aryl methyl sites for hydroxylation is 2. The molecule has 2 rings (SSSR count). The average molecular weight is 269 g/mol. The van der Waals surface area contributed by atoms with Gasteiger partial charge in [-0.15, -0.1) is 0 Å². The summed E-state index contributed by atoms with van der Waals surface area (Å²) in [6, 6.07) is 9.34. The number of hydrogen-bond acceptors (Lipinski definition) is 3. The summed E-state index contributed by atoms with van der Waals surface area (Å²) in [6.07, 6.45) is 4.14. The van der Waals surface area contributed by atoms with Gasteiger partial charge >= 0.3 is 5.97 Å². The molecule has 1 aromatic carbocycles. The van der Waals surface area contributed by atoms with Crippen LogP contribution in [0.1, 0.15) is 16.7 Å². The molecule has 0 radical (unpaired) electrons. The molecule has 102 valence electrons. The zero-order chi connectivity index (χ0) is 14.5. The second kappa shape index (κ2) is 6.02. The number of pyridine rings is 1. The number of ether oxygens (including phenoxy) is 1. The lowest BCUT2D eigenvalue weighted by molar-refractivity contribution is -0.131. The lowest BCUT2D eigenvalue weighted by Gasteiger charge is -2.10. The van der Waals surface area contributed by atoms with E-state index in [4.69, 9.17) is 9.84 Å². The van der Waals surface area contributed by atoms with Crippen molar-refractivity contribution in [1.29, 1.82) is 0 Å². The molecule has 0 aliphatic carbocycles. The number of rotatable bonds is 4. The van der Waals surface area contributed by atoms with Gasteiger partial charge < -0.3 is 9.84 Å². The van der Waals surface area contributed by atoms with Crippen LogP contribution in [0.4, 0.5) is 0 Å². The lowest BCUT2D eigenvalue weighted by Crippen LogP contribution is -1.94. The highest BCUT2D eigenvalue weighted by Gasteiger charge is 2.06. The molecule has 0 amide bonds. The lowest BCUT2D eigenvalue weighted by atomic mass is 10.1. The Labute approximate surface area is 117 Å². The number of carboxylic acids is 1. The van der Waals surface area contributed by atoms with E-state index in [9.17, 15) is 4.79 Å². The van der Waals surface area contributed by atoms with E-state index in [-0.39, 0.29) is 0 Å². The summed E-state index contributed by atoms with van der Waals surface area (Å²) in [5.41, 5.74) is 2.78. The predicted molar refractivity (Wildman–Crippen MR) is 76.9 cm³/mol. The van der Waals surface area contributed by atoms with Crippen LogP contribution in [0.2, 0.25) is 0 Å². The van der Waals surface area contributed by atoms with Crippen molar-refractivity contribution in [2.24, 2.45) is 0 Å². The number of carbonyl (C=O) groups is 1. The topological polar surface area (TPSA) is 59.4 Å². The normalized spacial score (nSPS) is 10.7. The maximum Gasteiger partial charge on any atom is 0.328 e. The van der Waals surface area contributed by atoms with Gasteiger partial charge in [-0.2, -0.15) is 0 Å². The zero-order valence-corrected chi connectivity index (χ0v) is 11.3. The third kappa shape index (κ3) is 3.45. The summed E-state index contributed by atoms with van der Waals surface area (Å²) in [5.74, 6) is 0.0857. The highest BCUT2D eigenvalue weighted by Crippen LogP contribution is 2.27. The van der Waals surface area contributed by atoms with E-state index in [2.05, 4.69) is 4.98 Å². The Kier molecular flexibility index (Phi) is 4.15. The van der Waals surface area contributed by atoms with Crippen molar-refractivity contribution in [3.8, 4) is 11.6 Å². The first-order valence-corrected chi connectivity index (χ1v) is 6.17. The van der Waals surface area contributed by atoms with Crippen molar-refractivity contribution in [2.45, 2.75) is 13.8 Å². The minimum Gasteiger partial charge on any atom is -0.478 e. The maximum absolute atomic E-state index is 10.6. The average Bonchev–Trinajstić information content (AvgIpc) is 2.41. The van der Waals surface area contributed by atoms with Crippen LogP contribution in [0, 0.1) is 13.8 Å². The molecule has 0 aliphatic rings. The number of aliphatic carboxylic acids is 1. The van der Waals surface area contributed by atoms with Crippen molar-refractivity contribution in [3.05, 3.63) is 59.3 Å². The Hall–Kier alpha value is -2.62. The fourth-order valence-corrected chi connectivity index (χ4v) is 1.79. The van der Waals surface area contributed by atoms with Crippen LogP contribution in [0.3, 0.4) is 0 Å². The van der Waals surface area contributed by atoms with Crippen LogP contribution >= 0.6 is 0 Å². The number of aromatic nitrogens is 1. The molecule has 0 spiro atoms. The van der Waals surface area contributed by atoms with Crippen molar-refractivity contribution < 1.29 is 14.6 Å². The van der Waals surface area contributed by atoms with Gasteiger partial charge in [0.1, 0.15) is 5.75 Å². The fourth-order valence-electron chi connectivity index (χ4n) is 1.79. The van der Waals surface area contributed by atoms with Crippen molar-refractivity contribution in [3.63, 3.8) is 0 Å². The largest absolute Gasteiger partial charge is 0.478 e. The Morgan fingerprint density at radius 3 is 2.80 bits per heavy atom. The summed E-state index contributed by atoms with van der Waals surface area (Å²) in [4.78, 5) is 14.7. The second-order valence-corrected chi connectivity index (χ2v) is 4.44. The van der Waals surface area contributed by atoms with E-state index in [1.807, 2.05) is 32.0 Å². The van der Waals surface area contributed by atoms with Gasteiger partial charge in [-0.1, -0.05) is 17.7 Å². The summed E-state index contributed by atoms with van der Waals surface area (Å²) in [5, 5.41) is 8.68. The van der Waals surface area contributed by atoms with E-state index in [1.54, 1.807) is 18.3 Å². The third-order valence-electron chi connectivity index (χ3n) is 2.74. The first-order chi connectivity index (χ1) is 9.56. The fraction of sp³-hybridized carbons (Fsp3) is 0.125. The molecule has 1 aromatic heterocycles. The summed E-state index contributed by atoms with van der Waals surface area (Å²) in [7, 11) is 0. The predicted octanol–water partition coefficient (Wildman–Crippen LogP) is 3.59. The van der Waals surface area contributed by atoms with Crippen LogP contribution in [-0.4, -0.2) is 16.1 Å². The van der Waals surface area contributed by atoms with Crippen LogP contribution in [0.5, 0.6) is 11.6 Å². The monoisotopic (exact) mass is 269 g/mol. The van der Waals surface area contributed by atoms with E-state index < -0.39 is 5.97 Å². The van der Waals surface area contributed by atoms with Crippen molar-refractivity contribution in [2.75, 3.05) is 0 Å². The SMILES string of the molecule is Cc1ccc(Oc2ncccc2/C=C/C(=O)O)c(C)c1. The zero-order valence-electron chi connectivity index (χ0n) is 11.3. The van der Waals surface area contributed by atoms with Gasteiger partial charge in [-0.3, -0.25) is 0 Å². The summed E-state index contributed by atoms with van der Waals surface area (Å²) < 4.78 is 5.77. The standard InChI is InChI=1S/C16H15NO3/c1-11-5-7-14(12(2)10-11)20-16-13(4-3-9-17-16)6-8-15(18)19/h3-10H,1-2H3,(H,18,19)/b8-6+. The van der Waals surface area contributed by atoms with Crippen LogP contribution in [0.15, 0.2) is 42.6 Å². The Morgan fingerprint density at radius 1 is 1.30 bits per heavy atom. The minimum absolute atomic E-state index is 0.386. The summed E-state index contributed by atoms with van der Waals surface area (Å²) in [6.45, 7) is 3.97. The molecular weight excluding hydrogens is 254 g/mol. The quantitative estimate of drug-likeness (QED) is 0.862. The van der Waals surface area contributed by atoms with Crippen molar-refractivity contribution in [1.82, 2.24) is 4.98 Å². The molecule has 2 aromatic rings. The van der Waals surface area contributed by atoms with E-state index in [0.29, 0.717) is 17.2 Å². The molecule has 0 fully saturated rings. The van der Waals surface area contributed by atoms with Gasteiger partial charge in [-0.05, 0) is 43.7 Å². The van der Waals surface area contributed by atoms with Gasteiger partial charge in [0, 0.05) is 17.8 Å². The molecule has 0 atom stereocenters. The molecule has 0 unspecified atom stereocenters. The van der Waals surface area contributed by atoms with E-state index >= 15 is 0 Å². The van der Waals surface area contributed by atoms with E-state index in [0.717, 1.165) is 17.2 Å². The smallest absolute Gasteiger partial charge is 0.328 e. The summed E-state index contributed by atoms with van der Waals surface area (Å²) >= 11 is 0. The Balaban J connectivity index is 2.31. The number of nitrogens with zero attached hydrogens (tertiary/aromatic N) is 1. The first-order valence-electron chi connectivity index (χ1n) is 6.17. The van der Waals surface area contributed by atoms with Gasteiger partial charge in [0.25, 0.3) is 0 Å². The Morgan fingerprint density at radius 2 is 2.10 bits per heavy atom. The Bertz CT molecular complexity index is 663. The molecule has 1 N–H and O–H groups in total. The van der Waals surface area contributed by atoms with Gasteiger partial charge in [-0.25, -0.2) is 9.78 Å². The molecule has 4 heteroatoms. The molecular formula is C16H15NO3. The second-order valence-electron chi connectivity index (χ2n) is 4.44. The highest BCUT2D eigenvalue weighted by atomic mass is 16.5. The van der Waals surface area contributed by atoms with Gasteiger partial charge in [0.2, 0.25) is 5.88 Å². The van der Waals surface area contributed by atoms with Gasteiger partial charge in [0.15, 0.2) is 0 Å². The number of carboxylic acid groups (broad SMARTS) is 1. The molecule has 4 nitrogen and oxygen atoms in total. The minimum atomic E-state index is -1.01. The highest BCUT2D eigenvalue weighted by molar-refractivity contribution is 5.85. The molecule has 0 bridgehead atoms. The third-order valence-corrected chi connectivity index (χ3v) is 2.74. The molecule has 20 heavy (non-hydrogen) atoms. The van der Waals surface area contributed by atoms with Crippen molar-refractivity contribution >= 4 is 12.0 Å². The van der Waals surface area contributed by atoms with E-state index in [1.165, 1.54) is 6.08 Å². The molecule has 0 aliphatic heterocycles. The molecule has 0 saturated carbocycles. The van der Waals surface area contributed by atoms with Gasteiger partial charge in [0.05, 0.1) is 0 Å². The number of benzene rings is 1.